The molecule has 0 radical (unpaired) electrons. The Balaban J connectivity index is 0. The second-order valence-electron chi connectivity index (χ2n) is 5.51. The molecule has 10 heteroatoms. The first-order valence-electron chi connectivity index (χ1n) is 6.77. The monoisotopic (exact) mass is 405 g/mol. The number of hydrogen-bond acceptors (Lipinski definition) is 7. The summed E-state index contributed by atoms with van der Waals surface area (Å²) in [6, 6.07) is 5.58. The van der Waals surface area contributed by atoms with Crippen LogP contribution in [-0.4, -0.2) is 43.1 Å². The third-order valence-corrected chi connectivity index (χ3v) is 4.51. The highest BCUT2D eigenvalue weighted by Crippen LogP contribution is 2.10. The first-order valence-corrected chi connectivity index (χ1v) is 9.75. The molecule has 0 saturated heterocycles. The second kappa shape index (κ2) is 10.2. The average molecular weight is 405 g/mol. The summed E-state index contributed by atoms with van der Waals surface area (Å²) in [5.41, 5.74) is -0.284. The van der Waals surface area contributed by atoms with E-state index in [1.165, 1.54) is 38.1 Å². The van der Waals surface area contributed by atoms with Gasteiger partial charge >= 0.3 is 0 Å². The van der Waals surface area contributed by atoms with Crippen LogP contribution in [0.2, 0.25) is 0 Å². The quantitative estimate of drug-likeness (QED) is 0.557. The van der Waals surface area contributed by atoms with Crippen LogP contribution in [0.25, 0.3) is 6.08 Å². The van der Waals surface area contributed by atoms with E-state index in [9.17, 15) is 30.7 Å². The van der Waals surface area contributed by atoms with Gasteiger partial charge in [-0.25, -0.2) is 16.8 Å². The smallest absolute Gasteiger partial charge is 0.243 e. The van der Waals surface area contributed by atoms with E-state index >= 15 is 0 Å². The third-order valence-electron chi connectivity index (χ3n) is 2.59. The standard InChI is InChI=1S/C8H8O3S.C7H13NO4S.CH4/c1-2-7-3-5-8(6-4-7)12(9,10)11;1-4-6(9)8-7(2,3)5-13(10,11)12;/h2-6H,1H2,(H,9,10,11);4H,1,5H2,2-3H3,(H,8,9)(H,10,11,12);1H4/p-2. The van der Waals surface area contributed by atoms with Crippen LogP contribution in [0, 0.1) is 0 Å². The van der Waals surface area contributed by atoms with E-state index in [-0.39, 0.29) is 12.3 Å². The van der Waals surface area contributed by atoms with E-state index in [1.54, 1.807) is 6.08 Å². The van der Waals surface area contributed by atoms with Crippen LogP contribution in [0.3, 0.4) is 0 Å². The van der Waals surface area contributed by atoms with Crippen LogP contribution in [0.5, 0.6) is 0 Å². The lowest BCUT2D eigenvalue weighted by molar-refractivity contribution is -0.117. The Bertz CT molecular complexity index is 824. The molecule has 0 heterocycles. The summed E-state index contributed by atoms with van der Waals surface area (Å²) < 4.78 is 62.5. The summed E-state index contributed by atoms with van der Waals surface area (Å²) in [6.45, 7) is 9.59. The average Bonchev–Trinajstić information content (AvgIpc) is 2.43. The Morgan fingerprint density at radius 1 is 1.12 bits per heavy atom. The van der Waals surface area contributed by atoms with E-state index in [2.05, 4.69) is 18.5 Å². The number of benzene rings is 1. The lowest BCUT2D eigenvalue weighted by Crippen LogP contribution is -2.47. The summed E-state index contributed by atoms with van der Waals surface area (Å²) in [6.07, 6.45) is 2.58. The number of amides is 1. The molecule has 1 rings (SSSR count). The first kappa shape index (κ1) is 26.2. The highest BCUT2D eigenvalue weighted by molar-refractivity contribution is 7.86. The molecule has 0 aromatic heterocycles. The molecule has 0 aliphatic rings. The minimum absolute atomic E-state index is 0. The SMILES string of the molecule is C.C=CC(=O)NC(C)(C)CS(=O)(=O)[O-].C=Cc1ccc(S(=O)(=O)[O-])cc1. The predicted octanol–water partition coefficient (Wildman–Crippen LogP) is 1.48. The molecule has 0 aliphatic carbocycles. The van der Waals surface area contributed by atoms with Gasteiger partial charge in [-0.2, -0.15) is 0 Å². The molecule has 0 saturated carbocycles. The van der Waals surface area contributed by atoms with Crippen molar-refractivity contribution >= 4 is 32.2 Å². The predicted molar refractivity (Wildman–Crippen MR) is 98.2 cm³/mol. The Hall–Kier alpha value is -2.01. The van der Waals surface area contributed by atoms with Crippen molar-refractivity contribution in [2.75, 3.05) is 5.75 Å². The van der Waals surface area contributed by atoms with Gasteiger partial charge in [0.25, 0.3) is 0 Å². The van der Waals surface area contributed by atoms with Gasteiger partial charge < -0.3 is 14.4 Å². The second-order valence-corrected chi connectivity index (χ2v) is 8.29. The lowest BCUT2D eigenvalue weighted by atomic mass is 10.1. The molecule has 1 aromatic rings. The lowest BCUT2D eigenvalue weighted by Gasteiger charge is -2.26. The van der Waals surface area contributed by atoms with E-state index < -0.39 is 37.4 Å². The maximum absolute atomic E-state index is 10.8. The minimum Gasteiger partial charge on any atom is -0.748 e. The van der Waals surface area contributed by atoms with Crippen molar-refractivity contribution < 1.29 is 30.7 Å². The van der Waals surface area contributed by atoms with Gasteiger partial charge in [0.15, 0.2) is 0 Å². The molecule has 1 aromatic carbocycles. The first-order chi connectivity index (χ1) is 11.2. The molecule has 26 heavy (non-hydrogen) atoms. The summed E-state index contributed by atoms with van der Waals surface area (Å²) in [5, 5.41) is 2.33. The topological polar surface area (TPSA) is 144 Å². The third kappa shape index (κ3) is 11.5. The van der Waals surface area contributed by atoms with E-state index in [4.69, 9.17) is 0 Å². The van der Waals surface area contributed by atoms with Crippen molar-refractivity contribution in [1.29, 1.82) is 0 Å². The highest BCUT2D eigenvalue weighted by Gasteiger charge is 2.22. The Morgan fingerprint density at radius 2 is 1.58 bits per heavy atom. The van der Waals surface area contributed by atoms with Crippen LogP contribution in [0.4, 0.5) is 0 Å². The Kier molecular flexibility index (Phi) is 10.3. The molecule has 8 nitrogen and oxygen atoms in total. The maximum Gasteiger partial charge on any atom is 0.243 e. The highest BCUT2D eigenvalue weighted by atomic mass is 32.2. The molecular weight excluding hydrogens is 382 g/mol. The van der Waals surface area contributed by atoms with Gasteiger partial charge in [-0.1, -0.05) is 38.8 Å². The van der Waals surface area contributed by atoms with Crippen LogP contribution in [0.1, 0.15) is 26.8 Å². The molecule has 0 aliphatic heterocycles. The van der Waals surface area contributed by atoms with Gasteiger partial charge in [0, 0.05) is 5.54 Å². The van der Waals surface area contributed by atoms with Gasteiger partial charge in [-0.05, 0) is 37.6 Å². The fraction of sp³-hybridized carbons (Fsp3) is 0.312. The Morgan fingerprint density at radius 3 is 1.88 bits per heavy atom. The van der Waals surface area contributed by atoms with Crippen molar-refractivity contribution in [3.63, 3.8) is 0 Å². The molecule has 0 fully saturated rings. The van der Waals surface area contributed by atoms with Gasteiger partial charge in [0.2, 0.25) is 5.91 Å². The van der Waals surface area contributed by atoms with Crippen LogP contribution >= 0.6 is 0 Å². The minimum atomic E-state index is -4.33. The number of carbonyl (C=O) groups excluding carboxylic acids is 1. The van der Waals surface area contributed by atoms with Crippen molar-refractivity contribution in [3.8, 4) is 0 Å². The molecule has 0 unspecified atom stereocenters. The zero-order valence-electron chi connectivity index (χ0n) is 13.8. The number of nitrogens with one attached hydrogen (secondary N) is 1. The number of carbonyl (C=O) groups is 1. The largest absolute Gasteiger partial charge is 0.748 e. The number of hydrogen-bond donors (Lipinski definition) is 1. The molecule has 1 amide bonds. The van der Waals surface area contributed by atoms with Crippen molar-refractivity contribution in [2.45, 2.75) is 31.7 Å². The normalized spacial score (nSPS) is 11.2. The fourth-order valence-corrected chi connectivity index (χ4v) is 3.06. The van der Waals surface area contributed by atoms with Gasteiger partial charge in [-0.15, -0.1) is 0 Å². The molecule has 0 atom stereocenters. The van der Waals surface area contributed by atoms with Crippen LogP contribution in [0.15, 0.2) is 48.4 Å². The molecular formula is C16H23NO7S2-2. The molecule has 0 spiro atoms. The van der Waals surface area contributed by atoms with Gasteiger partial charge in [0.1, 0.15) is 10.1 Å². The van der Waals surface area contributed by atoms with E-state index in [0.717, 1.165) is 11.6 Å². The zero-order chi connectivity index (χ0) is 19.9. The summed E-state index contributed by atoms with van der Waals surface area (Å²) in [5.74, 6) is -1.15. The van der Waals surface area contributed by atoms with Crippen LogP contribution < -0.4 is 5.32 Å². The molecule has 148 valence electrons. The van der Waals surface area contributed by atoms with Gasteiger partial charge in [-0.3, -0.25) is 4.79 Å². The molecule has 0 bridgehead atoms. The Labute approximate surface area is 155 Å². The van der Waals surface area contributed by atoms with Gasteiger partial charge in [0.05, 0.1) is 20.8 Å². The maximum atomic E-state index is 10.8. The van der Waals surface area contributed by atoms with E-state index in [1.807, 2.05) is 0 Å². The molecule has 1 N–H and O–H groups in total. The van der Waals surface area contributed by atoms with Crippen molar-refractivity contribution in [1.82, 2.24) is 5.32 Å². The van der Waals surface area contributed by atoms with Crippen molar-refractivity contribution in [2.24, 2.45) is 0 Å². The fourth-order valence-electron chi connectivity index (χ4n) is 1.63. The van der Waals surface area contributed by atoms with Crippen molar-refractivity contribution in [3.05, 3.63) is 49.1 Å². The van der Waals surface area contributed by atoms with Crippen LogP contribution in [-0.2, 0) is 25.0 Å². The van der Waals surface area contributed by atoms with E-state index in [0.29, 0.717) is 0 Å². The summed E-state index contributed by atoms with van der Waals surface area (Å²) in [7, 11) is -8.65. The number of rotatable bonds is 6. The zero-order valence-corrected chi connectivity index (χ0v) is 15.4. The summed E-state index contributed by atoms with van der Waals surface area (Å²) in [4.78, 5) is 10.6. The summed E-state index contributed by atoms with van der Waals surface area (Å²) >= 11 is 0.